The van der Waals surface area contributed by atoms with Crippen molar-refractivity contribution < 1.29 is 17.9 Å². The molecule has 39 heavy (non-hydrogen) atoms. The number of benzene rings is 1. The van der Waals surface area contributed by atoms with Crippen LogP contribution in [-0.4, -0.2) is 95.0 Å². The normalized spacial score (nSPS) is 22.1. The van der Waals surface area contributed by atoms with Crippen molar-refractivity contribution in [2.24, 2.45) is 11.8 Å². The van der Waals surface area contributed by atoms with Crippen molar-refractivity contribution in [3.8, 4) is 0 Å². The number of nitrogens with zero attached hydrogens (tertiary/aromatic N) is 3. The number of ether oxygens (including phenoxy) is 1. The summed E-state index contributed by atoms with van der Waals surface area (Å²) < 4.78 is 32.7. The highest BCUT2D eigenvalue weighted by molar-refractivity contribution is 7.89. The van der Waals surface area contributed by atoms with Crippen LogP contribution >= 0.6 is 11.3 Å². The number of rotatable bonds is 13. The molecule has 2 heterocycles. The third-order valence-corrected chi connectivity index (χ3v) is 11.0. The first-order chi connectivity index (χ1) is 18.8. The van der Waals surface area contributed by atoms with Crippen molar-refractivity contribution in [2.45, 2.75) is 43.0 Å². The summed E-state index contributed by atoms with van der Waals surface area (Å²) in [4.78, 5) is 18.6. The maximum absolute atomic E-state index is 12.8. The van der Waals surface area contributed by atoms with Crippen LogP contribution in [-0.2, 0) is 19.6 Å². The van der Waals surface area contributed by atoms with Gasteiger partial charge in [0, 0.05) is 50.2 Å². The van der Waals surface area contributed by atoms with Gasteiger partial charge in [0.05, 0.1) is 11.5 Å². The van der Waals surface area contributed by atoms with Crippen molar-refractivity contribution in [1.82, 2.24) is 19.4 Å². The number of piperazine rings is 1. The largest absolute Gasteiger partial charge is 0.370 e. The zero-order valence-electron chi connectivity index (χ0n) is 23.3. The lowest BCUT2D eigenvalue weighted by molar-refractivity contribution is -0.125. The van der Waals surface area contributed by atoms with Gasteiger partial charge in [-0.25, -0.2) is 8.42 Å². The Morgan fingerprint density at radius 1 is 1.05 bits per heavy atom. The first-order valence-electron chi connectivity index (χ1n) is 14.2. The van der Waals surface area contributed by atoms with Crippen molar-refractivity contribution in [3.63, 3.8) is 0 Å². The number of thiophene rings is 1. The van der Waals surface area contributed by atoms with Crippen LogP contribution in [0, 0.1) is 11.8 Å². The molecule has 1 N–H and O–H groups in total. The van der Waals surface area contributed by atoms with Crippen LogP contribution in [0.2, 0.25) is 0 Å². The van der Waals surface area contributed by atoms with E-state index in [0.29, 0.717) is 68.6 Å². The lowest BCUT2D eigenvalue weighted by atomic mass is 9.76. The Morgan fingerprint density at radius 2 is 1.77 bits per heavy atom. The zero-order valence-corrected chi connectivity index (χ0v) is 25.0. The van der Waals surface area contributed by atoms with Gasteiger partial charge >= 0.3 is 0 Å². The quantitative estimate of drug-likeness (QED) is 0.367. The molecule has 1 atom stereocenters. The molecule has 1 unspecified atom stereocenters. The maximum Gasteiger partial charge on any atom is 0.245 e. The number of nitrogens with one attached hydrogen (secondary N) is 1. The Labute approximate surface area is 238 Å². The van der Waals surface area contributed by atoms with E-state index in [9.17, 15) is 13.2 Å². The number of hydrogen-bond donors (Lipinski definition) is 1. The van der Waals surface area contributed by atoms with Gasteiger partial charge < -0.3 is 15.0 Å². The van der Waals surface area contributed by atoms with Gasteiger partial charge in [-0.1, -0.05) is 37.1 Å². The van der Waals surface area contributed by atoms with Gasteiger partial charge in [-0.2, -0.15) is 4.31 Å². The molecular formula is C29H44N4O4S2. The molecule has 1 aromatic heterocycles. The van der Waals surface area contributed by atoms with Crippen LogP contribution in [0.4, 0.5) is 0 Å². The Morgan fingerprint density at radius 3 is 2.41 bits per heavy atom. The molecule has 0 spiro atoms. The first kappa shape index (κ1) is 30.1. The van der Waals surface area contributed by atoms with Crippen molar-refractivity contribution in [2.75, 3.05) is 66.6 Å². The highest BCUT2D eigenvalue weighted by Crippen LogP contribution is 2.41. The van der Waals surface area contributed by atoms with E-state index in [-0.39, 0.29) is 12.5 Å². The topological polar surface area (TPSA) is 82.2 Å². The van der Waals surface area contributed by atoms with Crippen LogP contribution in [0.3, 0.4) is 0 Å². The molecule has 4 rings (SSSR count). The minimum atomic E-state index is -3.44. The van der Waals surface area contributed by atoms with Crippen LogP contribution < -0.4 is 5.32 Å². The van der Waals surface area contributed by atoms with Gasteiger partial charge in [0.1, 0.15) is 6.61 Å². The molecule has 1 saturated heterocycles. The molecule has 2 aromatic rings. The van der Waals surface area contributed by atoms with Gasteiger partial charge in [0.25, 0.3) is 0 Å². The number of carbonyl (C=O) groups is 1. The molecule has 1 aliphatic heterocycles. The van der Waals surface area contributed by atoms with Crippen molar-refractivity contribution in [1.29, 1.82) is 0 Å². The van der Waals surface area contributed by atoms with Crippen molar-refractivity contribution in [3.05, 3.63) is 52.7 Å². The van der Waals surface area contributed by atoms with E-state index >= 15 is 0 Å². The van der Waals surface area contributed by atoms with E-state index in [4.69, 9.17) is 4.74 Å². The van der Waals surface area contributed by atoms with E-state index in [1.165, 1.54) is 30.6 Å². The van der Waals surface area contributed by atoms with Crippen LogP contribution in [0.1, 0.15) is 43.0 Å². The minimum absolute atomic E-state index is 0.0622. The summed E-state index contributed by atoms with van der Waals surface area (Å²) in [5.41, 5.74) is 0. The highest BCUT2D eigenvalue weighted by Gasteiger charge is 2.31. The monoisotopic (exact) mass is 576 g/mol. The average Bonchev–Trinajstić information content (AvgIpc) is 3.47. The minimum Gasteiger partial charge on any atom is -0.370 e. The lowest BCUT2D eigenvalue weighted by Crippen LogP contribution is -2.49. The summed E-state index contributed by atoms with van der Waals surface area (Å²) in [6.45, 7) is 4.17. The number of amides is 1. The molecule has 0 bridgehead atoms. The summed E-state index contributed by atoms with van der Waals surface area (Å²) in [6.07, 6.45) is 5.98. The average molecular weight is 577 g/mol. The smallest absolute Gasteiger partial charge is 0.245 e. The van der Waals surface area contributed by atoms with Gasteiger partial charge in [-0.3, -0.25) is 9.69 Å². The molecule has 2 fully saturated rings. The van der Waals surface area contributed by atoms with Gasteiger partial charge in [-0.05, 0) is 68.8 Å². The summed E-state index contributed by atoms with van der Waals surface area (Å²) in [7, 11) is 0.939. The number of carbonyl (C=O) groups excluding carboxylic acids is 1. The molecule has 1 amide bonds. The summed E-state index contributed by atoms with van der Waals surface area (Å²) in [5.74, 6) is 1.32. The molecule has 10 heteroatoms. The zero-order chi connectivity index (χ0) is 27.7. The standard InChI is InChI=1S/C29H44N4O4S2/c1-31(2)29(27-9-6-22-38-27)25-12-10-24(11-13-25)14-15-30-28(34)23-37-21-20-32-16-18-33(19-17-32)39(35,36)26-7-4-3-5-8-26/h3-9,22,24-25,29H,10-21,23H2,1-2H3,(H,30,34). The Balaban J connectivity index is 1.05. The van der Waals surface area contributed by atoms with Crippen LogP contribution in [0.25, 0.3) is 0 Å². The predicted molar refractivity (Wildman–Crippen MR) is 156 cm³/mol. The first-order valence-corrected chi connectivity index (χ1v) is 16.5. The van der Waals surface area contributed by atoms with Gasteiger partial charge in [0.15, 0.2) is 0 Å². The van der Waals surface area contributed by atoms with E-state index in [0.717, 1.165) is 6.42 Å². The maximum atomic E-state index is 12.8. The lowest BCUT2D eigenvalue weighted by Gasteiger charge is -2.37. The Bertz CT molecular complexity index is 1100. The van der Waals surface area contributed by atoms with Crippen LogP contribution in [0.15, 0.2) is 52.7 Å². The SMILES string of the molecule is CN(C)C(c1cccs1)C1CCC(CCNC(=O)COCCN2CCN(S(=O)(=O)c3ccccc3)CC2)CC1. The number of sulfonamides is 1. The van der Waals surface area contributed by atoms with Crippen molar-refractivity contribution >= 4 is 27.3 Å². The molecule has 216 valence electrons. The molecule has 8 nitrogen and oxygen atoms in total. The molecule has 1 aromatic carbocycles. The second kappa shape index (κ2) is 14.7. The molecular weight excluding hydrogens is 532 g/mol. The third kappa shape index (κ3) is 8.58. The highest BCUT2D eigenvalue weighted by atomic mass is 32.2. The van der Waals surface area contributed by atoms with E-state index in [2.05, 4.69) is 46.7 Å². The number of hydrogen-bond acceptors (Lipinski definition) is 7. The second-order valence-corrected chi connectivity index (χ2v) is 13.9. The summed E-state index contributed by atoms with van der Waals surface area (Å²) >= 11 is 1.86. The van der Waals surface area contributed by atoms with E-state index in [1.807, 2.05) is 17.4 Å². The predicted octanol–water partition coefficient (Wildman–Crippen LogP) is 3.69. The van der Waals surface area contributed by atoms with E-state index < -0.39 is 10.0 Å². The second-order valence-electron chi connectivity index (χ2n) is 11.0. The van der Waals surface area contributed by atoms with E-state index in [1.54, 1.807) is 28.6 Å². The fraction of sp³-hybridized carbons (Fsp3) is 0.621. The Hall–Kier alpha value is -1.82. The van der Waals surface area contributed by atoms with Gasteiger partial charge in [-0.15, -0.1) is 11.3 Å². The fourth-order valence-corrected chi connectivity index (χ4v) is 8.38. The van der Waals surface area contributed by atoms with Gasteiger partial charge in [0.2, 0.25) is 15.9 Å². The molecule has 0 radical (unpaired) electrons. The summed E-state index contributed by atoms with van der Waals surface area (Å²) in [5, 5.41) is 5.20. The third-order valence-electron chi connectivity index (χ3n) is 8.10. The van der Waals surface area contributed by atoms with Crippen LogP contribution in [0.5, 0.6) is 0 Å². The Kier molecular flexibility index (Phi) is 11.4. The summed E-state index contributed by atoms with van der Waals surface area (Å²) in [6, 6.07) is 13.5. The molecule has 1 saturated carbocycles. The molecule has 2 aliphatic rings. The fourth-order valence-electron chi connectivity index (χ4n) is 5.92. The molecule has 1 aliphatic carbocycles.